The molecule has 0 radical (unpaired) electrons. The average Bonchev–Trinajstić information content (AvgIpc) is 3.01. The second-order valence-electron chi connectivity index (χ2n) is 5.72. The SMILES string of the molecule is CCOC(=O)Cc1nc(-c2ccc(F)cc2)oc1-c1cccc(C)c1F. The van der Waals surface area contributed by atoms with Crippen LogP contribution in [0.25, 0.3) is 22.8 Å². The van der Waals surface area contributed by atoms with Gasteiger partial charge in [0, 0.05) is 5.56 Å². The lowest BCUT2D eigenvalue weighted by Gasteiger charge is -2.05. The lowest BCUT2D eigenvalue weighted by atomic mass is 10.1. The van der Waals surface area contributed by atoms with Crippen molar-refractivity contribution in [3.05, 3.63) is 65.4 Å². The van der Waals surface area contributed by atoms with E-state index < -0.39 is 17.6 Å². The van der Waals surface area contributed by atoms with Gasteiger partial charge in [-0.15, -0.1) is 0 Å². The summed E-state index contributed by atoms with van der Waals surface area (Å²) in [4.78, 5) is 16.2. The Kier molecular flexibility index (Phi) is 5.11. The fraction of sp³-hybridized carbons (Fsp3) is 0.200. The number of hydrogen-bond donors (Lipinski definition) is 0. The minimum Gasteiger partial charge on any atom is -0.466 e. The second-order valence-corrected chi connectivity index (χ2v) is 5.72. The molecular formula is C20H17F2NO3. The van der Waals surface area contributed by atoms with Crippen molar-refractivity contribution in [3.8, 4) is 22.8 Å². The third-order valence-electron chi connectivity index (χ3n) is 3.84. The molecule has 0 N–H and O–H groups in total. The molecule has 0 unspecified atom stereocenters. The summed E-state index contributed by atoms with van der Waals surface area (Å²) < 4.78 is 38.4. The number of carbonyl (C=O) groups excluding carboxylic acids is 1. The van der Waals surface area contributed by atoms with Gasteiger partial charge < -0.3 is 9.15 Å². The van der Waals surface area contributed by atoms with Gasteiger partial charge in [-0.3, -0.25) is 4.79 Å². The van der Waals surface area contributed by atoms with Gasteiger partial charge in [0.25, 0.3) is 0 Å². The number of nitrogens with zero attached hydrogens (tertiary/aromatic N) is 1. The van der Waals surface area contributed by atoms with E-state index in [9.17, 15) is 13.6 Å². The molecule has 1 heterocycles. The van der Waals surface area contributed by atoms with Crippen LogP contribution < -0.4 is 0 Å². The van der Waals surface area contributed by atoms with Crippen molar-refractivity contribution in [1.82, 2.24) is 4.98 Å². The Balaban J connectivity index is 2.09. The highest BCUT2D eigenvalue weighted by atomic mass is 19.1. The molecule has 0 saturated carbocycles. The number of benzene rings is 2. The van der Waals surface area contributed by atoms with Gasteiger partial charge in [-0.05, 0) is 49.7 Å². The van der Waals surface area contributed by atoms with E-state index in [1.807, 2.05) is 0 Å². The zero-order chi connectivity index (χ0) is 18.7. The molecule has 1 aromatic heterocycles. The molecule has 0 spiro atoms. The van der Waals surface area contributed by atoms with E-state index in [2.05, 4.69) is 4.98 Å². The summed E-state index contributed by atoms with van der Waals surface area (Å²) in [6.45, 7) is 3.57. The first-order valence-corrected chi connectivity index (χ1v) is 8.16. The molecular weight excluding hydrogens is 340 g/mol. The van der Waals surface area contributed by atoms with Gasteiger partial charge in [-0.1, -0.05) is 12.1 Å². The van der Waals surface area contributed by atoms with Gasteiger partial charge in [-0.25, -0.2) is 13.8 Å². The van der Waals surface area contributed by atoms with Crippen LogP contribution >= 0.6 is 0 Å². The fourth-order valence-electron chi connectivity index (χ4n) is 2.57. The molecule has 0 bridgehead atoms. The number of oxazole rings is 1. The summed E-state index contributed by atoms with van der Waals surface area (Å²) in [7, 11) is 0. The van der Waals surface area contributed by atoms with Crippen LogP contribution in [0.5, 0.6) is 0 Å². The first-order valence-electron chi connectivity index (χ1n) is 8.16. The Hall–Kier alpha value is -3.02. The quantitative estimate of drug-likeness (QED) is 0.621. The first-order chi connectivity index (χ1) is 12.5. The Morgan fingerprint density at radius 1 is 1.15 bits per heavy atom. The topological polar surface area (TPSA) is 52.3 Å². The maximum Gasteiger partial charge on any atom is 0.312 e. The molecule has 3 rings (SSSR count). The van der Waals surface area contributed by atoms with Crippen LogP contribution in [0, 0.1) is 18.6 Å². The number of halogens is 2. The van der Waals surface area contributed by atoms with Gasteiger partial charge in [0.15, 0.2) is 5.76 Å². The monoisotopic (exact) mass is 357 g/mol. The van der Waals surface area contributed by atoms with E-state index in [0.29, 0.717) is 11.1 Å². The summed E-state index contributed by atoms with van der Waals surface area (Å²) in [6, 6.07) is 10.5. The maximum atomic E-state index is 14.6. The number of aromatic nitrogens is 1. The van der Waals surface area contributed by atoms with Crippen LogP contribution in [0.15, 0.2) is 46.9 Å². The number of esters is 1. The van der Waals surface area contributed by atoms with Gasteiger partial charge >= 0.3 is 5.97 Å². The number of rotatable bonds is 5. The second kappa shape index (κ2) is 7.47. The lowest BCUT2D eigenvalue weighted by Crippen LogP contribution is -2.08. The van der Waals surface area contributed by atoms with Crippen molar-refractivity contribution in [1.29, 1.82) is 0 Å². The van der Waals surface area contributed by atoms with E-state index in [-0.39, 0.29) is 35.9 Å². The third kappa shape index (κ3) is 3.64. The number of aryl methyl sites for hydroxylation is 1. The normalized spacial score (nSPS) is 10.8. The molecule has 0 aliphatic carbocycles. The molecule has 0 saturated heterocycles. The van der Waals surface area contributed by atoms with E-state index >= 15 is 0 Å². The van der Waals surface area contributed by atoms with Crippen LogP contribution in [0.2, 0.25) is 0 Å². The van der Waals surface area contributed by atoms with Gasteiger partial charge in [0.2, 0.25) is 5.89 Å². The summed E-state index contributed by atoms with van der Waals surface area (Å²) in [5.74, 6) is -0.976. The first kappa shape index (κ1) is 17.8. The van der Waals surface area contributed by atoms with Crippen molar-refractivity contribution in [3.63, 3.8) is 0 Å². The molecule has 2 aromatic carbocycles. The zero-order valence-corrected chi connectivity index (χ0v) is 14.4. The molecule has 0 atom stereocenters. The molecule has 0 aliphatic rings. The number of hydrogen-bond acceptors (Lipinski definition) is 4. The van der Waals surface area contributed by atoms with E-state index in [1.165, 1.54) is 24.3 Å². The largest absolute Gasteiger partial charge is 0.466 e. The fourth-order valence-corrected chi connectivity index (χ4v) is 2.57. The van der Waals surface area contributed by atoms with Crippen LogP contribution in [-0.4, -0.2) is 17.6 Å². The van der Waals surface area contributed by atoms with E-state index in [4.69, 9.17) is 9.15 Å². The minimum absolute atomic E-state index is 0.152. The molecule has 0 amide bonds. The van der Waals surface area contributed by atoms with Gasteiger partial charge in [-0.2, -0.15) is 0 Å². The molecule has 0 fully saturated rings. The predicted octanol–water partition coefficient (Wildman–Crippen LogP) is 4.70. The maximum absolute atomic E-state index is 14.6. The molecule has 26 heavy (non-hydrogen) atoms. The van der Waals surface area contributed by atoms with Crippen molar-refractivity contribution in [2.45, 2.75) is 20.3 Å². The molecule has 0 aliphatic heterocycles. The minimum atomic E-state index is -0.485. The van der Waals surface area contributed by atoms with Gasteiger partial charge in [0.1, 0.15) is 11.6 Å². The molecule has 6 heteroatoms. The van der Waals surface area contributed by atoms with E-state index in [0.717, 1.165) is 0 Å². The van der Waals surface area contributed by atoms with Crippen molar-refractivity contribution >= 4 is 5.97 Å². The average molecular weight is 357 g/mol. The Morgan fingerprint density at radius 2 is 1.88 bits per heavy atom. The summed E-state index contributed by atoms with van der Waals surface area (Å²) in [6.07, 6.45) is -0.152. The Bertz CT molecular complexity index is 933. The summed E-state index contributed by atoms with van der Waals surface area (Å²) in [5.41, 5.74) is 1.46. The van der Waals surface area contributed by atoms with Crippen molar-refractivity contribution in [2.24, 2.45) is 0 Å². The van der Waals surface area contributed by atoms with Gasteiger partial charge in [0.05, 0.1) is 24.3 Å². The van der Waals surface area contributed by atoms with Crippen molar-refractivity contribution < 1.29 is 22.7 Å². The van der Waals surface area contributed by atoms with E-state index in [1.54, 1.807) is 32.0 Å². The Labute approximate surface area is 149 Å². The standard InChI is InChI=1S/C20H17F2NO3/c1-3-25-17(24)11-16-19(15-6-4-5-12(2)18(15)22)26-20(23-16)13-7-9-14(21)10-8-13/h4-10H,3,11H2,1-2H3. The van der Waals surface area contributed by atoms with Crippen LogP contribution in [-0.2, 0) is 16.0 Å². The Morgan fingerprint density at radius 3 is 2.58 bits per heavy atom. The zero-order valence-electron chi connectivity index (χ0n) is 14.4. The third-order valence-corrected chi connectivity index (χ3v) is 3.84. The van der Waals surface area contributed by atoms with Crippen LogP contribution in [0.3, 0.4) is 0 Å². The molecule has 134 valence electrons. The highest BCUT2D eigenvalue weighted by Crippen LogP contribution is 2.33. The summed E-state index contributed by atoms with van der Waals surface area (Å²) in [5, 5.41) is 0. The summed E-state index contributed by atoms with van der Waals surface area (Å²) >= 11 is 0. The highest BCUT2D eigenvalue weighted by molar-refractivity contribution is 5.76. The number of ether oxygens (including phenoxy) is 1. The molecule has 4 nitrogen and oxygen atoms in total. The van der Waals surface area contributed by atoms with Crippen molar-refractivity contribution in [2.75, 3.05) is 6.61 Å². The lowest BCUT2D eigenvalue weighted by molar-refractivity contribution is -0.142. The smallest absolute Gasteiger partial charge is 0.312 e. The molecule has 3 aromatic rings. The number of carbonyl (C=O) groups is 1. The van der Waals surface area contributed by atoms with Crippen LogP contribution in [0.4, 0.5) is 8.78 Å². The predicted molar refractivity (Wildman–Crippen MR) is 92.4 cm³/mol. The van der Waals surface area contributed by atoms with Crippen LogP contribution in [0.1, 0.15) is 18.2 Å². The highest BCUT2D eigenvalue weighted by Gasteiger charge is 2.22.